The number of rotatable bonds is 6. The van der Waals surface area contributed by atoms with Gasteiger partial charge in [-0.2, -0.15) is 0 Å². The van der Waals surface area contributed by atoms with E-state index >= 15 is 0 Å². The molecule has 0 saturated carbocycles. The van der Waals surface area contributed by atoms with Crippen LogP contribution in [0.1, 0.15) is 47.0 Å². The molecule has 1 aromatic carbocycles. The number of nitrogens with one attached hydrogen (secondary N) is 1. The summed E-state index contributed by atoms with van der Waals surface area (Å²) in [7, 11) is 1.88. The number of nitro groups is 1. The molecule has 0 aliphatic rings. The van der Waals surface area contributed by atoms with Gasteiger partial charge in [0.25, 0.3) is 5.69 Å². The van der Waals surface area contributed by atoms with Crippen LogP contribution < -0.4 is 11.1 Å². The van der Waals surface area contributed by atoms with Gasteiger partial charge in [0.2, 0.25) is 0 Å². The molecule has 2 heterocycles. The Morgan fingerprint density at radius 3 is 2.58 bits per heavy atom. The number of nitro benzene ring substituents is 1. The van der Waals surface area contributed by atoms with Gasteiger partial charge in [-0.05, 0) is 20.9 Å². The molecule has 3 aromatic rings. The van der Waals surface area contributed by atoms with Gasteiger partial charge in [0.1, 0.15) is 17.9 Å². The molecule has 0 aliphatic carbocycles. The Morgan fingerprint density at radius 1 is 1.29 bits per heavy atom. The van der Waals surface area contributed by atoms with E-state index in [0.29, 0.717) is 36.6 Å². The van der Waals surface area contributed by atoms with Gasteiger partial charge in [0.15, 0.2) is 0 Å². The molecular weight excluding hydrogens is 400 g/mol. The minimum absolute atomic E-state index is 0.0606. The Labute approximate surface area is 180 Å². The van der Waals surface area contributed by atoms with Crippen molar-refractivity contribution in [2.24, 2.45) is 0 Å². The number of hydrogen-bond acceptors (Lipinski definition) is 9. The number of carbonyl (C=O) groups is 1. The van der Waals surface area contributed by atoms with Crippen molar-refractivity contribution in [2.45, 2.75) is 40.8 Å². The summed E-state index contributed by atoms with van der Waals surface area (Å²) in [4.78, 5) is 28.1. The lowest BCUT2D eigenvalue weighted by Crippen LogP contribution is -2.10. The molecule has 0 amide bonds. The van der Waals surface area contributed by atoms with Crippen molar-refractivity contribution < 1.29 is 9.72 Å². The second kappa shape index (κ2) is 12.8. The summed E-state index contributed by atoms with van der Waals surface area (Å²) in [6.45, 7) is 9.03. The standard InChI is InChI=1S/C11H17N7.C7H5NO3.C2H6/c1-7-10(5-13-3)16-17-18(7)6-9-4-14-8(2)15-11(9)12;9-5-6-2-1-3-7(4-6)8(10)11;1-2/h4,13H,5-6H2,1-3H3,(H2,12,14,15);1-5H;1-2H3. The highest BCUT2D eigenvalue weighted by Gasteiger charge is 2.10. The van der Waals surface area contributed by atoms with Crippen molar-refractivity contribution in [2.75, 3.05) is 12.8 Å². The van der Waals surface area contributed by atoms with Gasteiger partial charge in [-0.1, -0.05) is 31.2 Å². The number of anilines is 1. The van der Waals surface area contributed by atoms with E-state index in [1.165, 1.54) is 24.3 Å². The highest BCUT2D eigenvalue weighted by atomic mass is 16.6. The fourth-order valence-corrected chi connectivity index (χ4v) is 2.38. The number of hydrogen-bond donors (Lipinski definition) is 2. The van der Waals surface area contributed by atoms with Crippen molar-refractivity contribution >= 4 is 17.8 Å². The first kappa shape index (κ1) is 25.3. The molecule has 0 radical (unpaired) electrons. The average Bonchev–Trinajstić information content (AvgIpc) is 3.11. The Balaban J connectivity index is 0.000000317. The lowest BCUT2D eigenvalue weighted by atomic mass is 10.2. The van der Waals surface area contributed by atoms with Crippen LogP contribution in [0.2, 0.25) is 0 Å². The van der Waals surface area contributed by atoms with Crippen molar-refractivity contribution in [1.82, 2.24) is 30.3 Å². The smallest absolute Gasteiger partial charge is 0.270 e. The largest absolute Gasteiger partial charge is 0.383 e. The maximum Gasteiger partial charge on any atom is 0.270 e. The summed E-state index contributed by atoms with van der Waals surface area (Å²) >= 11 is 0. The van der Waals surface area contributed by atoms with Gasteiger partial charge in [-0.15, -0.1) is 5.10 Å². The van der Waals surface area contributed by atoms with Crippen molar-refractivity contribution in [1.29, 1.82) is 0 Å². The molecule has 0 bridgehead atoms. The minimum Gasteiger partial charge on any atom is -0.383 e. The maximum atomic E-state index is 10.2. The summed E-state index contributed by atoms with van der Waals surface area (Å²) < 4.78 is 1.80. The molecule has 3 N–H and O–H groups in total. The van der Waals surface area contributed by atoms with E-state index in [9.17, 15) is 14.9 Å². The van der Waals surface area contributed by atoms with Crippen LogP contribution >= 0.6 is 0 Å². The predicted octanol–water partition coefficient (Wildman–Crippen LogP) is 2.47. The van der Waals surface area contributed by atoms with Crippen LogP contribution in [0.4, 0.5) is 11.5 Å². The van der Waals surface area contributed by atoms with E-state index in [1.807, 2.05) is 34.7 Å². The molecule has 11 nitrogen and oxygen atoms in total. The Morgan fingerprint density at radius 2 is 2.00 bits per heavy atom. The molecule has 0 spiro atoms. The highest BCUT2D eigenvalue weighted by Crippen LogP contribution is 2.12. The average molecular weight is 428 g/mol. The Kier molecular flexibility index (Phi) is 10.4. The van der Waals surface area contributed by atoms with Crippen LogP contribution in [0.15, 0.2) is 30.5 Å². The highest BCUT2D eigenvalue weighted by molar-refractivity contribution is 5.75. The second-order valence-electron chi connectivity index (χ2n) is 6.11. The number of aryl methyl sites for hydroxylation is 1. The molecule has 0 fully saturated rings. The lowest BCUT2D eigenvalue weighted by molar-refractivity contribution is -0.384. The number of nitrogen functional groups attached to an aromatic ring is 1. The normalized spacial score (nSPS) is 9.71. The number of aldehydes is 1. The molecule has 166 valence electrons. The quantitative estimate of drug-likeness (QED) is 0.342. The first-order valence-electron chi connectivity index (χ1n) is 9.66. The van der Waals surface area contributed by atoms with Gasteiger partial charge in [0, 0.05) is 36.0 Å². The number of nitrogens with zero attached hydrogens (tertiary/aromatic N) is 6. The zero-order valence-electron chi connectivity index (χ0n) is 18.4. The molecule has 0 atom stereocenters. The molecule has 11 heteroatoms. The maximum absolute atomic E-state index is 10.2. The molecule has 3 rings (SSSR count). The third kappa shape index (κ3) is 7.55. The molecule has 0 saturated heterocycles. The number of non-ortho nitro benzene ring substituents is 1. The predicted molar refractivity (Wildman–Crippen MR) is 118 cm³/mol. The number of aromatic nitrogens is 5. The van der Waals surface area contributed by atoms with E-state index in [0.717, 1.165) is 17.0 Å². The van der Waals surface area contributed by atoms with Crippen LogP contribution in [0.25, 0.3) is 0 Å². The fraction of sp³-hybridized carbons (Fsp3) is 0.350. The minimum atomic E-state index is -0.535. The van der Waals surface area contributed by atoms with Gasteiger partial charge < -0.3 is 11.1 Å². The Bertz CT molecular complexity index is 1000. The summed E-state index contributed by atoms with van der Waals surface area (Å²) in [5.41, 5.74) is 8.92. The molecule has 2 aromatic heterocycles. The van der Waals surface area contributed by atoms with E-state index in [1.54, 1.807) is 10.9 Å². The van der Waals surface area contributed by atoms with E-state index < -0.39 is 4.92 Å². The lowest BCUT2D eigenvalue weighted by Gasteiger charge is -2.06. The number of carbonyl (C=O) groups excluding carboxylic acids is 1. The van der Waals surface area contributed by atoms with Crippen LogP contribution in [0, 0.1) is 24.0 Å². The first-order chi connectivity index (χ1) is 14.8. The third-order valence-electron chi connectivity index (χ3n) is 3.98. The molecule has 31 heavy (non-hydrogen) atoms. The van der Waals surface area contributed by atoms with Crippen molar-refractivity contribution in [3.63, 3.8) is 0 Å². The van der Waals surface area contributed by atoms with Gasteiger partial charge in [-0.25, -0.2) is 14.6 Å². The first-order valence-corrected chi connectivity index (χ1v) is 9.66. The van der Waals surface area contributed by atoms with E-state index in [-0.39, 0.29) is 5.69 Å². The van der Waals surface area contributed by atoms with E-state index in [4.69, 9.17) is 5.73 Å². The zero-order chi connectivity index (χ0) is 23.4. The topological polar surface area (TPSA) is 155 Å². The van der Waals surface area contributed by atoms with Gasteiger partial charge >= 0.3 is 0 Å². The summed E-state index contributed by atoms with van der Waals surface area (Å²) in [5.74, 6) is 1.16. The summed E-state index contributed by atoms with van der Waals surface area (Å²) in [6, 6.07) is 5.56. The number of nitrogens with two attached hydrogens (primary N) is 1. The van der Waals surface area contributed by atoms with Crippen LogP contribution in [0.3, 0.4) is 0 Å². The molecular formula is C20H28N8O3. The van der Waals surface area contributed by atoms with Crippen molar-refractivity contribution in [3.05, 3.63) is 68.9 Å². The van der Waals surface area contributed by atoms with Crippen LogP contribution in [-0.2, 0) is 13.1 Å². The third-order valence-corrected chi connectivity index (χ3v) is 3.98. The zero-order valence-corrected chi connectivity index (χ0v) is 18.4. The monoisotopic (exact) mass is 428 g/mol. The molecule has 0 aliphatic heterocycles. The fourth-order valence-electron chi connectivity index (χ4n) is 2.38. The second-order valence-corrected chi connectivity index (χ2v) is 6.11. The summed E-state index contributed by atoms with van der Waals surface area (Å²) in [5, 5.41) is 21.4. The van der Waals surface area contributed by atoms with Crippen molar-refractivity contribution in [3.8, 4) is 0 Å². The van der Waals surface area contributed by atoms with Gasteiger partial charge in [-0.3, -0.25) is 14.9 Å². The van der Waals surface area contributed by atoms with Gasteiger partial charge in [0.05, 0.1) is 22.9 Å². The van der Waals surface area contributed by atoms with Crippen LogP contribution in [-0.4, -0.2) is 43.2 Å². The number of benzene rings is 1. The summed E-state index contributed by atoms with van der Waals surface area (Å²) in [6.07, 6.45) is 2.31. The molecule has 0 unspecified atom stereocenters. The Hall–Kier alpha value is -3.73. The van der Waals surface area contributed by atoms with Crippen LogP contribution in [0.5, 0.6) is 0 Å². The van der Waals surface area contributed by atoms with E-state index in [2.05, 4.69) is 25.6 Å². The SMILES string of the molecule is CC.CNCc1nnn(Cc2cnc(C)nc2N)c1C.O=Cc1cccc([N+](=O)[O-])c1.